The Morgan fingerprint density at radius 2 is 1.79 bits per heavy atom. The van der Waals surface area contributed by atoms with Gasteiger partial charge in [0.15, 0.2) is 0 Å². The predicted octanol–water partition coefficient (Wildman–Crippen LogP) is 3.70. The summed E-state index contributed by atoms with van der Waals surface area (Å²) in [5, 5.41) is 13.8. The van der Waals surface area contributed by atoms with Crippen LogP contribution in [0.2, 0.25) is 0 Å². The molecule has 3 nitrogen and oxygen atoms in total. The minimum Gasteiger partial charge on any atom is -0.456 e. The van der Waals surface area contributed by atoms with Gasteiger partial charge < -0.3 is 9.62 Å². The molecular weight excluding hydrogens is 238 g/mol. The van der Waals surface area contributed by atoms with E-state index in [1.807, 2.05) is 55.5 Å². The third-order valence-corrected chi connectivity index (χ3v) is 3.07. The van der Waals surface area contributed by atoms with Crippen molar-refractivity contribution >= 4 is 11.0 Å². The van der Waals surface area contributed by atoms with Crippen LogP contribution in [0.1, 0.15) is 5.56 Å². The van der Waals surface area contributed by atoms with E-state index in [0.717, 1.165) is 16.5 Å². The van der Waals surface area contributed by atoms with Gasteiger partial charge in [0.25, 0.3) is 0 Å². The normalized spacial score (nSPS) is 11.9. The van der Waals surface area contributed by atoms with Crippen molar-refractivity contribution in [1.82, 2.24) is 0 Å². The summed E-state index contributed by atoms with van der Waals surface area (Å²) in [5.41, 5.74) is 2.77. The second-order valence-corrected chi connectivity index (χ2v) is 4.46. The van der Waals surface area contributed by atoms with E-state index in [2.05, 4.69) is 5.16 Å². The van der Waals surface area contributed by atoms with Gasteiger partial charge in [-0.1, -0.05) is 41.6 Å². The molecule has 2 aromatic carbocycles. The van der Waals surface area contributed by atoms with Gasteiger partial charge >= 0.3 is 0 Å². The minimum absolute atomic E-state index is 0.514. The summed E-state index contributed by atoms with van der Waals surface area (Å²) < 4.78 is 5.90. The molecule has 1 heterocycles. The average molecular weight is 251 g/mol. The fourth-order valence-corrected chi connectivity index (χ4v) is 2.10. The Kier molecular flexibility index (Phi) is 2.80. The van der Waals surface area contributed by atoms with Crippen molar-refractivity contribution in [3.05, 3.63) is 65.5 Å². The lowest BCUT2D eigenvalue weighted by Gasteiger charge is -2.04. The number of benzene rings is 2. The molecule has 0 aliphatic carbocycles. The van der Waals surface area contributed by atoms with Crippen LogP contribution in [0.3, 0.4) is 0 Å². The Labute approximate surface area is 110 Å². The molecule has 0 spiro atoms. The first-order chi connectivity index (χ1) is 9.28. The van der Waals surface area contributed by atoms with Crippen LogP contribution in [-0.4, -0.2) is 5.21 Å². The minimum atomic E-state index is 0.514. The Morgan fingerprint density at radius 1 is 1.00 bits per heavy atom. The van der Waals surface area contributed by atoms with Crippen molar-refractivity contribution in [2.45, 2.75) is 6.92 Å². The summed E-state index contributed by atoms with van der Waals surface area (Å²) >= 11 is 0. The monoisotopic (exact) mass is 251 g/mol. The fourth-order valence-electron chi connectivity index (χ4n) is 2.10. The van der Waals surface area contributed by atoms with Crippen molar-refractivity contribution in [2.24, 2.45) is 5.16 Å². The number of aryl methyl sites for hydroxylation is 1. The molecule has 1 N–H and O–H groups in total. The quantitative estimate of drug-likeness (QED) is 0.529. The Balaban J connectivity index is 2.34. The Morgan fingerprint density at radius 3 is 2.53 bits per heavy atom. The van der Waals surface area contributed by atoms with Crippen molar-refractivity contribution in [3.63, 3.8) is 0 Å². The van der Waals surface area contributed by atoms with Crippen LogP contribution in [0, 0.1) is 6.92 Å². The number of hydrogen-bond acceptors (Lipinski definition) is 3. The summed E-state index contributed by atoms with van der Waals surface area (Å²) in [5.74, 6) is 0.687. The number of rotatable bonds is 1. The highest BCUT2D eigenvalue weighted by Crippen LogP contribution is 2.22. The molecule has 1 aromatic heterocycles. The van der Waals surface area contributed by atoms with Gasteiger partial charge in [0, 0.05) is 17.0 Å². The van der Waals surface area contributed by atoms with Crippen LogP contribution in [-0.2, 0) is 0 Å². The van der Waals surface area contributed by atoms with Gasteiger partial charge in [-0.15, -0.1) is 0 Å². The Hall–Kier alpha value is -2.55. The predicted molar refractivity (Wildman–Crippen MR) is 73.7 cm³/mol. The standard InChI is InChI=1S/C16H13NO2/c1-11-7-8-13-14(17-18)10-15(19-16(13)9-11)12-5-3-2-4-6-12/h2-10,18H,1H3/b17-14+. The molecule has 3 heteroatoms. The third-order valence-electron chi connectivity index (χ3n) is 3.07. The summed E-state index contributed by atoms with van der Waals surface area (Å²) in [7, 11) is 0. The van der Waals surface area contributed by atoms with Crippen LogP contribution in [0.25, 0.3) is 22.3 Å². The highest BCUT2D eigenvalue weighted by molar-refractivity contribution is 5.79. The van der Waals surface area contributed by atoms with Crippen molar-refractivity contribution in [2.75, 3.05) is 0 Å². The van der Waals surface area contributed by atoms with Gasteiger partial charge in [-0.3, -0.25) is 0 Å². The number of hydrogen-bond donors (Lipinski definition) is 1. The Bertz CT molecular complexity index is 789. The molecule has 0 saturated heterocycles. The summed E-state index contributed by atoms with van der Waals surface area (Å²) in [6, 6.07) is 17.3. The van der Waals surface area contributed by atoms with E-state index in [1.165, 1.54) is 0 Å². The molecule has 0 saturated carbocycles. The molecule has 0 amide bonds. The molecule has 3 aromatic rings. The second-order valence-electron chi connectivity index (χ2n) is 4.46. The van der Waals surface area contributed by atoms with Gasteiger partial charge in [-0.25, -0.2) is 0 Å². The zero-order valence-corrected chi connectivity index (χ0v) is 10.5. The zero-order chi connectivity index (χ0) is 13.2. The van der Waals surface area contributed by atoms with Gasteiger partial charge in [0.1, 0.15) is 16.7 Å². The maximum atomic E-state index is 9.16. The summed E-state index contributed by atoms with van der Waals surface area (Å²) in [4.78, 5) is 0. The zero-order valence-electron chi connectivity index (χ0n) is 10.5. The largest absolute Gasteiger partial charge is 0.456 e. The lowest BCUT2D eigenvalue weighted by molar-refractivity contribution is 0.302. The van der Waals surface area contributed by atoms with Crippen molar-refractivity contribution in [3.8, 4) is 11.3 Å². The van der Waals surface area contributed by atoms with Gasteiger partial charge in [-0.2, -0.15) is 0 Å². The molecule has 0 unspecified atom stereocenters. The first-order valence-electron chi connectivity index (χ1n) is 6.06. The van der Waals surface area contributed by atoms with Gasteiger partial charge in [0.2, 0.25) is 0 Å². The van der Waals surface area contributed by atoms with E-state index in [1.54, 1.807) is 6.07 Å². The lowest BCUT2D eigenvalue weighted by atomic mass is 10.1. The summed E-state index contributed by atoms with van der Waals surface area (Å²) in [6.07, 6.45) is 0. The van der Waals surface area contributed by atoms with Gasteiger partial charge in [0.05, 0.1) is 0 Å². The van der Waals surface area contributed by atoms with Crippen LogP contribution in [0.5, 0.6) is 0 Å². The van der Waals surface area contributed by atoms with E-state index in [-0.39, 0.29) is 0 Å². The van der Waals surface area contributed by atoms with Crippen molar-refractivity contribution < 1.29 is 9.62 Å². The number of fused-ring (bicyclic) bond motifs is 1. The lowest BCUT2D eigenvalue weighted by Crippen LogP contribution is -2.03. The maximum absolute atomic E-state index is 9.16. The average Bonchev–Trinajstić information content (AvgIpc) is 2.46. The molecule has 3 rings (SSSR count). The highest BCUT2D eigenvalue weighted by Gasteiger charge is 2.05. The summed E-state index contributed by atoms with van der Waals surface area (Å²) in [6.45, 7) is 2.00. The first kappa shape index (κ1) is 11.5. The molecule has 0 aliphatic rings. The van der Waals surface area contributed by atoms with Crippen LogP contribution >= 0.6 is 0 Å². The SMILES string of the molecule is Cc1ccc2/c(=N/O)cc(-c3ccccc3)oc2c1. The second kappa shape index (κ2) is 4.61. The molecular formula is C16H13NO2. The maximum Gasteiger partial charge on any atom is 0.137 e. The van der Waals surface area contributed by atoms with E-state index < -0.39 is 0 Å². The molecule has 0 fully saturated rings. The third kappa shape index (κ3) is 2.10. The molecule has 94 valence electrons. The topological polar surface area (TPSA) is 45.7 Å². The molecule has 0 aliphatic heterocycles. The van der Waals surface area contributed by atoms with E-state index in [4.69, 9.17) is 9.62 Å². The van der Waals surface area contributed by atoms with Crippen LogP contribution in [0.15, 0.2) is 64.2 Å². The molecule has 0 radical (unpaired) electrons. The fraction of sp³-hybridized carbons (Fsp3) is 0.0625. The van der Waals surface area contributed by atoms with Crippen LogP contribution in [0.4, 0.5) is 0 Å². The molecule has 0 bridgehead atoms. The van der Waals surface area contributed by atoms with E-state index in [9.17, 15) is 0 Å². The molecule has 19 heavy (non-hydrogen) atoms. The smallest absolute Gasteiger partial charge is 0.137 e. The van der Waals surface area contributed by atoms with E-state index >= 15 is 0 Å². The first-order valence-corrected chi connectivity index (χ1v) is 6.06. The van der Waals surface area contributed by atoms with Crippen LogP contribution < -0.4 is 5.36 Å². The highest BCUT2D eigenvalue weighted by atomic mass is 16.4. The van der Waals surface area contributed by atoms with Gasteiger partial charge in [-0.05, 0) is 24.6 Å². The van der Waals surface area contributed by atoms with Crippen molar-refractivity contribution in [1.29, 1.82) is 0 Å². The van der Waals surface area contributed by atoms with E-state index in [0.29, 0.717) is 16.7 Å². The number of nitrogens with zero attached hydrogens (tertiary/aromatic N) is 1. The molecule has 0 atom stereocenters.